The number of anilines is 2. The molecule has 1 fully saturated rings. The minimum absolute atomic E-state index is 0.0220. The van der Waals surface area contributed by atoms with Crippen LogP contribution in [0.15, 0.2) is 48.7 Å². The number of alkyl halides is 1. The molecule has 0 unspecified atom stereocenters. The predicted octanol–water partition coefficient (Wildman–Crippen LogP) is 5.90. The number of carbonyl (C=O) groups is 2. The Kier molecular flexibility index (Phi) is 7.20. The van der Waals surface area contributed by atoms with E-state index >= 15 is 0 Å². The van der Waals surface area contributed by atoms with Gasteiger partial charge in [-0.1, -0.05) is 29.3 Å². The first-order valence-corrected chi connectivity index (χ1v) is 12.0. The Morgan fingerprint density at radius 3 is 2.44 bits per heavy atom. The van der Waals surface area contributed by atoms with Crippen LogP contribution in [0.5, 0.6) is 0 Å². The van der Waals surface area contributed by atoms with Gasteiger partial charge in [-0.15, -0.1) is 0 Å². The number of piperidine rings is 1. The number of primary amides is 1. The van der Waals surface area contributed by atoms with Gasteiger partial charge < -0.3 is 10.6 Å². The monoisotopic (exact) mass is 532 g/mol. The molecular formula is C26H24Cl2F2N4O2. The van der Waals surface area contributed by atoms with Crippen LogP contribution in [-0.2, 0) is 0 Å². The van der Waals surface area contributed by atoms with Crippen LogP contribution < -0.4 is 15.5 Å². The number of rotatable bonds is 5. The van der Waals surface area contributed by atoms with Crippen molar-refractivity contribution < 1.29 is 18.4 Å². The van der Waals surface area contributed by atoms with E-state index in [9.17, 15) is 18.4 Å². The predicted molar refractivity (Wildman–Crippen MR) is 138 cm³/mol. The van der Waals surface area contributed by atoms with E-state index in [-0.39, 0.29) is 34.8 Å². The molecule has 4 rings (SSSR count). The number of aromatic nitrogens is 1. The molecule has 6 nitrogen and oxygen atoms in total. The summed E-state index contributed by atoms with van der Waals surface area (Å²) in [5.41, 5.74) is 5.75. The van der Waals surface area contributed by atoms with E-state index < -0.39 is 23.3 Å². The van der Waals surface area contributed by atoms with Crippen LogP contribution >= 0.6 is 23.2 Å². The molecule has 0 saturated carbocycles. The Hall–Kier alpha value is -3.23. The molecule has 0 spiro atoms. The van der Waals surface area contributed by atoms with Crippen molar-refractivity contribution in [2.75, 3.05) is 29.9 Å². The lowest BCUT2D eigenvalue weighted by Crippen LogP contribution is -2.41. The fourth-order valence-electron chi connectivity index (χ4n) is 4.16. The Bertz CT molecular complexity index is 1320. The quantitative estimate of drug-likeness (QED) is 0.443. The van der Waals surface area contributed by atoms with Crippen molar-refractivity contribution in [1.29, 1.82) is 0 Å². The second-order valence-corrected chi connectivity index (χ2v) is 9.80. The third kappa shape index (κ3) is 5.15. The molecule has 2 aromatic carbocycles. The first-order chi connectivity index (χ1) is 17.0. The second kappa shape index (κ2) is 10.0. The maximum absolute atomic E-state index is 14.6. The van der Waals surface area contributed by atoms with E-state index in [1.54, 1.807) is 25.1 Å². The highest BCUT2D eigenvalue weighted by Gasteiger charge is 2.32. The van der Waals surface area contributed by atoms with Crippen LogP contribution in [-0.4, -0.2) is 42.6 Å². The first kappa shape index (κ1) is 25.9. The van der Waals surface area contributed by atoms with Crippen molar-refractivity contribution in [3.05, 3.63) is 75.7 Å². The van der Waals surface area contributed by atoms with E-state index in [0.717, 1.165) is 6.07 Å². The number of nitrogens with two attached hydrogens (primary N) is 1. The molecule has 10 heteroatoms. The van der Waals surface area contributed by atoms with Gasteiger partial charge in [0.15, 0.2) is 5.82 Å². The number of carbonyl (C=O) groups excluding carboxylic acids is 2. The SMILES string of the molecule is CN(C(=O)c1c(F)cccc1Cl)c1ncc(-c2cc(C(N)=O)ccc2Cl)cc1N1CCC(C)(F)CC1. The Labute approximate surface area is 217 Å². The number of hydrogen-bond acceptors (Lipinski definition) is 4. The molecule has 1 aliphatic heterocycles. The van der Waals surface area contributed by atoms with Gasteiger partial charge in [0.2, 0.25) is 5.91 Å². The lowest BCUT2D eigenvalue weighted by Gasteiger charge is -2.37. The highest BCUT2D eigenvalue weighted by molar-refractivity contribution is 6.34. The Balaban J connectivity index is 1.81. The summed E-state index contributed by atoms with van der Waals surface area (Å²) >= 11 is 12.5. The summed E-state index contributed by atoms with van der Waals surface area (Å²) in [4.78, 5) is 32.6. The van der Waals surface area contributed by atoms with Gasteiger partial charge in [0.05, 0.1) is 16.3 Å². The van der Waals surface area contributed by atoms with Crippen molar-refractivity contribution in [2.24, 2.45) is 5.73 Å². The second-order valence-electron chi connectivity index (χ2n) is 8.99. The summed E-state index contributed by atoms with van der Waals surface area (Å²) in [6.45, 7) is 2.32. The van der Waals surface area contributed by atoms with Gasteiger partial charge in [-0.25, -0.2) is 13.8 Å². The molecule has 1 saturated heterocycles. The third-order valence-electron chi connectivity index (χ3n) is 6.35. The van der Waals surface area contributed by atoms with Crippen LogP contribution in [0.4, 0.5) is 20.3 Å². The molecule has 3 aromatic rings. The molecule has 36 heavy (non-hydrogen) atoms. The minimum Gasteiger partial charge on any atom is -0.368 e. The number of benzene rings is 2. The highest BCUT2D eigenvalue weighted by Crippen LogP contribution is 2.38. The van der Waals surface area contributed by atoms with Crippen molar-refractivity contribution in [3.63, 3.8) is 0 Å². The Morgan fingerprint density at radius 1 is 1.11 bits per heavy atom. The highest BCUT2D eigenvalue weighted by atomic mass is 35.5. The standard InChI is InChI=1S/C26H24Cl2F2N4O2/c1-26(30)8-10-34(11-9-26)21-13-16(17-12-15(23(31)35)6-7-18(17)27)14-32-24(21)33(2)25(36)22-19(28)4-3-5-20(22)29/h3-7,12-14H,8-11H2,1-2H3,(H2,31,35). The van der Waals surface area contributed by atoms with Crippen molar-refractivity contribution in [1.82, 2.24) is 4.98 Å². The van der Waals surface area contributed by atoms with Gasteiger partial charge in [-0.3, -0.25) is 14.5 Å². The van der Waals surface area contributed by atoms with Crippen LogP contribution in [0.2, 0.25) is 10.0 Å². The normalized spacial score (nSPS) is 15.0. The van der Waals surface area contributed by atoms with Gasteiger partial charge >= 0.3 is 0 Å². The fraction of sp³-hybridized carbons (Fsp3) is 0.269. The van der Waals surface area contributed by atoms with Gasteiger partial charge in [-0.05, 0) is 56.2 Å². The molecule has 0 aliphatic carbocycles. The summed E-state index contributed by atoms with van der Waals surface area (Å²) in [6.07, 6.45) is 2.07. The number of nitrogens with zero attached hydrogens (tertiary/aromatic N) is 3. The van der Waals surface area contributed by atoms with Crippen molar-refractivity contribution in [3.8, 4) is 11.1 Å². The molecule has 1 aliphatic rings. The third-order valence-corrected chi connectivity index (χ3v) is 7.00. The largest absolute Gasteiger partial charge is 0.368 e. The van der Waals surface area contributed by atoms with Crippen LogP contribution in [0.1, 0.15) is 40.5 Å². The molecule has 2 heterocycles. The van der Waals surface area contributed by atoms with Crippen LogP contribution in [0.3, 0.4) is 0 Å². The van der Waals surface area contributed by atoms with Gasteiger partial charge in [0.1, 0.15) is 11.5 Å². The van der Waals surface area contributed by atoms with Crippen molar-refractivity contribution >= 4 is 46.5 Å². The molecule has 0 bridgehead atoms. The van der Waals surface area contributed by atoms with Crippen LogP contribution in [0.25, 0.3) is 11.1 Å². The maximum atomic E-state index is 14.6. The smallest absolute Gasteiger partial charge is 0.263 e. The summed E-state index contributed by atoms with van der Waals surface area (Å²) < 4.78 is 29.0. The van der Waals surface area contributed by atoms with Gasteiger partial charge in [0, 0.05) is 48.0 Å². The lowest BCUT2D eigenvalue weighted by molar-refractivity contribution is 0.0984. The van der Waals surface area contributed by atoms with E-state index in [1.165, 1.54) is 36.3 Å². The number of halogens is 4. The molecule has 188 valence electrons. The number of amides is 2. The average Bonchev–Trinajstić information content (AvgIpc) is 2.83. The minimum atomic E-state index is -1.30. The summed E-state index contributed by atoms with van der Waals surface area (Å²) in [5, 5.41) is 0.351. The van der Waals surface area contributed by atoms with Gasteiger partial charge in [-0.2, -0.15) is 0 Å². The van der Waals surface area contributed by atoms with E-state index in [1.807, 2.05) is 4.90 Å². The topological polar surface area (TPSA) is 79.5 Å². The van der Waals surface area contributed by atoms with E-state index in [2.05, 4.69) is 4.98 Å². The molecule has 2 N–H and O–H groups in total. The fourth-order valence-corrected chi connectivity index (χ4v) is 4.63. The first-order valence-electron chi connectivity index (χ1n) is 11.2. The average molecular weight is 533 g/mol. The molecular weight excluding hydrogens is 509 g/mol. The zero-order valence-electron chi connectivity index (χ0n) is 19.7. The van der Waals surface area contributed by atoms with Gasteiger partial charge in [0.25, 0.3) is 5.91 Å². The number of hydrogen-bond donors (Lipinski definition) is 1. The molecule has 0 radical (unpaired) electrons. The lowest BCUT2D eigenvalue weighted by atomic mass is 9.95. The summed E-state index contributed by atoms with van der Waals surface area (Å²) in [7, 11) is 1.47. The number of pyridine rings is 1. The van der Waals surface area contributed by atoms with Crippen LogP contribution in [0, 0.1) is 5.82 Å². The zero-order chi connectivity index (χ0) is 26.2. The summed E-state index contributed by atoms with van der Waals surface area (Å²) in [6, 6.07) is 10.4. The maximum Gasteiger partial charge on any atom is 0.263 e. The molecule has 0 atom stereocenters. The van der Waals surface area contributed by atoms with Crippen molar-refractivity contribution in [2.45, 2.75) is 25.4 Å². The Morgan fingerprint density at radius 2 is 1.81 bits per heavy atom. The summed E-state index contributed by atoms with van der Waals surface area (Å²) in [5.74, 6) is -1.80. The molecule has 1 aromatic heterocycles. The van der Waals surface area contributed by atoms with E-state index in [4.69, 9.17) is 28.9 Å². The zero-order valence-corrected chi connectivity index (χ0v) is 21.2. The van der Waals surface area contributed by atoms with E-state index in [0.29, 0.717) is 34.9 Å². The molecule has 2 amide bonds.